The minimum Gasteiger partial charge on any atom is -0.477 e. The van der Waals surface area contributed by atoms with Crippen LogP contribution >= 0.6 is 0 Å². The van der Waals surface area contributed by atoms with Crippen molar-refractivity contribution in [3.8, 4) is 5.88 Å². The van der Waals surface area contributed by atoms with Crippen molar-refractivity contribution in [2.75, 3.05) is 37.8 Å². The largest absolute Gasteiger partial charge is 0.477 e. The van der Waals surface area contributed by atoms with Gasteiger partial charge in [-0.25, -0.2) is 13.8 Å². The van der Waals surface area contributed by atoms with E-state index in [0.29, 0.717) is 43.8 Å². The standard InChI is InChI=1S/C18H22F2N4O2.C4H6N2/c1-11-7-14-15(21-12(11)2)22-17(24-3-5-25-6-4-24)23-16(14)26-10-13-8-18(19,20)9-13;1-6-4-2-3-5-6/h7,13H,3-6,8-10H2,1-2H3;2-4H,1H3. The minimum absolute atomic E-state index is 0.122. The van der Waals surface area contributed by atoms with Crippen LogP contribution in [0.3, 0.4) is 0 Å². The Morgan fingerprint density at radius 2 is 1.91 bits per heavy atom. The number of aromatic nitrogens is 5. The predicted octanol–water partition coefficient (Wildman–Crippen LogP) is 3.32. The molecule has 4 heterocycles. The van der Waals surface area contributed by atoms with Gasteiger partial charge in [0.15, 0.2) is 5.65 Å². The molecule has 0 aromatic carbocycles. The molecular formula is C22H28F2N6O2. The van der Waals surface area contributed by atoms with Crippen LogP contribution in [-0.2, 0) is 11.8 Å². The summed E-state index contributed by atoms with van der Waals surface area (Å²) in [5, 5.41) is 4.55. The topological polar surface area (TPSA) is 78.2 Å². The molecule has 0 amide bonds. The number of pyridine rings is 1. The van der Waals surface area contributed by atoms with Gasteiger partial charge < -0.3 is 14.4 Å². The van der Waals surface area contributed by atoms with Crippen LogP contribution in [0.5, 0.6) is 5.88 Å². The lowest BCUT2D eigenvalue weighted by Gasteiger charge is -2.34. The predicted molar refractivity (Wildman–Crippen MR) is 116 cm³/mol. The van der Waals surface area contributed by atoms with Gasteiger partial charge in [0.05, 0.1) is 25.2 Å². The third-order valence-corrected chi connectivity index (χ3v) is 5.64. The lowest BCUT2D eigenvalue weighted by Crippen LogP contribution is -2.39. The number of anilines is 1. The van der Waals surface area contributed by atoms with E-state index in [-0.39, 0.29) is 25.4 Å². The van der Waals surface area contributed by atoms with Crippen LogP contribution in [0.15, 0.2) is 24.5 Å². The van der Waals surface area contributed by atoms with Crippen LogP contribution in [-0.4, -0.2) is 63.6 Å². The molecule has 5 rings (SSSR count). The number of halogens is 2. The van der Waals surface area contributed by atoms with Gasteiger partial charge in [0.1, 0.15) is 0 Å². The lowest BCUT2D eigenvalue weighted by atomic mass is 9.82. The molecule has 0 atom stereocenters. The Balaban J connectivity index is 0.000000354. The van der Waals surface area contributed by atoms with Crippen LogP contribution in [0.25, 0.3) is 11.0 Å². The van der Waals surface area contributed by atoms with E-state index in [9.17, 15) is 8.78 Å². The maximum absolute atomic E-state index is 13.1. The number of alkyl halides is 2. The maximum atomic E-state index is 13.1. The molecule has 172 valence electrons. The number of morpholine rings is 1. The zero-order valence-electron chi connectivity index (χ0n) is 18.6. The summed E-state index contributed by atoms with van der Waals surface area (Å²) in [6, 6.07) is 3.84. The molecule has 0 N–H and O–H groups in total. The summed E-state index contributed by atoms with van der Waals surface area (Å²) < 4.78 is 39.1. The van der Waals surface area contributed by atoms with Gasteiger partial charge >= 0.3 is 0 Å². The Morgan fingerprint density at radius 3 is 2.50 bits per heavy atom. The molecular weight excluding hydrogens is 418 g/mol. The second-order valence-corrected chi connectivity index (χ2v) is 8.31. The molecule has 1 saturated carbocycles. The van der Waals surface area contributed by atoms with Gasteiger partial charge in [0, 0.05) is 57.0 Å². The first kappa shape index (κ1) is 22.3. The Hall–Kier alpha value is -2.88. The van der Waals surface area contributed by atoms with Gasteiger partial charge in [-0.05, 0) is 31.5 Å². The second kappa shape index (κ2) is 9.32. The third-order valence-electron chi connectivity index (χ3n) is 5.64. The van der Waals surface area contributed by atoms with Gasteiger partial charge in [-0.15, -0.1) is 0 Å². The Labute approximate surface area is 185 Å². The van der Waals surface area contributed by atoms with Gasteiger partial charge in [0.2, 0.25) is 17.8 Å². The number of hydrogen-bond donors (Lipinski definition) is 0. The summed E-state index contributed by atoms with van der Waals surface area (Å²) in [5.74, 6) is -1.72. The van der Waals surface area contributed by atoms with Crippen molar-refractivity contribution in [3.63, 3.8) is 0 Å². The average molecular weight is 447 g/mol. The van der Waals surface area contributed by atoms with Crippen LogP contribution in [0.4, 0.5) is 14.7 Å². The molecule has 10 heteroatoms. The molecule has 32 heavy (non-hydrogen) atoms. The third kappa shape index (κ3) is 5.29. The van der Waals surface area contributed by atoms with E-state index in [2.05, 4.69) is 20.1 Å². The maximum Gasteiger partial charge on any atom is 0.248 e. The molecule has 3 aromatic heterocycles. The van der Waals surface area contributed by atoms with E-state index in [1.807, 2.05) is 44.1 Å². The zero-order valence-corrected chi connectivity index (χ0v) is 18.6. The quantitative estimate of drug-likeness (QED) is 0.608. The van der Waals surface area contributed by atoms with Crippen LogP contribution in [0.1, 0.15) is 24.1 Å². The van der Waals surface area contributed by atoms with Crippen molar-refractivity contribution < 1.29 is 18.3 Å². The van der Waals surface area contributed by atoms with Crippen molar-refractivity contribution in [2.24, 2.45) is 13.0 Å². The first-order valence-electron chi connectivity index (χ1n) is 10.7. The van der Waals surface area contributed by atoms with Gasteiger partial charge in [-0.3, -0.25) is 4.68 Å². The summed E-state index contributed by atoms with van der Waals surface area (Å²) >= 11 is 0. The van der Waals surface area contributed by atoms with E-state index in [1.165, 1.54) is 0 Å². The second-order valence-electron chi connectivity index (χ2n) is 8.31. The zero-order chi connectivity index (χ0) is 22.7. The minimum atomic E-state index is -2.55. The fraction of sp³-hybridized carbons (Fsp3) is 0.545. The Bertz CT molecular complexity index is 1050. The molecule has 0 unspecified atom stereocenters. The number of rotatable bonds is 4. The molecule has 0 bridgehead atoms. The first-order chi connectivity index (χ1) is 15.3. The molecule has 1 aliphatic heterocycles. The number of aryl methyl sites for hydroxylation is 3. The summed E-state index contributed by atoms with van der Waals surface area (Å²) in [6.07, 6.45) is 3.39. The Kier molecular flexibility index (Phi) is 6.50. The fourth-order valence-corrected chi connectivity index (χ4v) is 3.67. The van der Waals surface area contributed by atoms with Crippen LogP contribution in [0.2, 0.25) is 0 Å². The molecule has 1 saturated heterocycles. The van der Waals surface area contributed by atoms with Crippen LogP contribution in [0, 0.1) is 19.8 Å². The molecule has 2 fully saturated rings. The first-order valence-corrected chi connectivity index (χ1v) is 10.7. The summed E-state index contributed by atoms with van der Waals surface area (Å²) in [5.41, 5.74) is 2.48. The highest BCUT2D eigenvalue weighted by Crippen LogP contribution is 2.42. The van der Waals surface area contributed by atoms with Crippen molar-refractivity contribution in [2.45, 2.75) is 32.6 Å². The highest BCUT2D eigenvalue weighted by Gasteiger charge is 2.45. The molecule has 2 aliphatic rings. The normalized spacial score (nSPS) is 18.1. The smallest absolute Gasteiger partial charge is 0.248 e. The number of hydrogen-bond acceptors (Lipinski definition) is 7. The molecule has 1 aliphatic carbocycles. The van der Waals surface area contributed by atoms with Gasteiger partial charge in [0.25, 0.3) is 0 Å². The highest BCUT2D eigenvalue weighted by atomic mass is 19.3. The molecule has 0 radical (unpaired) electrons. The lowest BCUT2D eigenvalue weighted by molar-refractivity contribution is -0.119. The number of nitrogens with zero attached hydrogens (tertiary/aromatic N) is 6. The molecule has 0 spiro atoms. The van der Waals surface area contributed by atoms with Crippen molar-refractivity contribution in [1.82, 2.24) is 24.7 Å². The fourth-order valence-electron chi connectivity index (χ4n) is 3.67. The van der Waals surface area contributed by atoms with E-state index in [4.69, 9.17) is 9.47 Å². The van der Waals surface area contributed by atoms with Crippen molar-refractivity contribution >= 4 is 17.0 Å². The van der Waals surface area contributed by atoms with Crippen molar-refractivity contribution in [1.29, 1.82) is 0 Å². The van der Waals surface area contributed by atoms with E-state index in [0.717, 1.165) is 16.6 Å². The molecule has 3 aromatic rings. The summed E-state index contributed by atoms with van der Waals surface area (Å²) in [4.78, 5) is 15.8. The van der Waals surface area contributed by atoms with Gasteiger partial charge in [-0.2, -0.15) is 15.1 Å². The monoisotopic (exact) mass is 446 g/mol. The highest BCUT2D eigenvalue weighted by molar-refractivity contribution is 5.82. The summed E-state index contributed by atoms with van der Waals surface area (Å²) in [7, 11) is 1.89. The van der Waals surface area contributed by atoms with E-state index in [1.54, 1.807) is 10.9 Å². The Morgan fingerprint density at radius 1 is 1.16 bits per heavy atom. The van der Waals surface area contributed by atoms with E-state index >= 15 is 0 Å². The average Bonchev–Trinajstić information content (AvgIpc) is 3.23. The van der Waals surface area contributed by atoms with Crippen LogP contribution < -0.4 is 9.64 Å². The number of fused-ring (bicyclic) bond motifs is 1. The number of ether oxygens (including phenoxy) is 2. The molecule has 8 nitrogen and oxygen atoms in total. The SMILES string of the molecule is Cc1cc2c(OCC3CC(F)(F)C3)nc(N3CCOCC3)nc2nc1C.Cn1cccn1. The van der Waals surface area contributed by atoms with Crippen molar-refractivity contribution in [3.05, 3.63) is 35.8 Å². The van der Waals surface area contributed by atoms with E-state index < -0.39 is 5.92 Å². The summed E-state index contributed by atoms with van der Waals surface area (Å²) in [6.45, 7) is 6.77. The van der Waals surface area contributed by atoms with Gasteiger partial charge in [-0.1, -0.05) is 0 Å².